The largest absolute Gasteiger partial charge is 0.352 e. The molecular weight excluding hydrogens is 338 g/mol. The summed E-state index contributed by atoms with van der Waals surface area (Å²) in [5.41, 5.74) is 1.87. The van der Waals surface area contributed by atoms with Crippen molar-refractivity contribution in [1.29, 1.82) is 0 Å². The van der Waals surface area contributed by atoms with E-state index in [1.54, 1.807) is 12.4 Å². The summed E-state index contributed by atoms with van der Waals surface area (Å²) in [5.74, 6) is 0.613. The molecular formula is C21H29N5O. The minimum atomic E-state index is -0.0923. The molecule has 2 aromatic rings. The molecule has 6 nitrogen and oxygen atoms in total. The van der Waals surface area contributed by atoms with Gasteiger partial charge in [-0.3, -0.25) is 9.69 Å². The summed E-state index contributed by atoms with van der Waals surface area (Å²) >= 11 is 0. The molecule has 1 aliphatic heterocycles. The standard InChI is InChI=1S/C21H29N5O/c1-2-3-7-10-22-20(27)19-15-23-21(24-16-19)26-13-11-25(12-14-26)17-18-8-5-4-6-9-18/h4-6,8-9,15-16H,2-3,7,10-14,17H2,1H3,(H,22,27). The van der Waals surface area contributed by atoms with Gasteiger partial charge in [0.05, 0.1) is 5.56 Å². The van der Waals surface area contributed by atoms with Crippen molar-refractivity contribution >= 4 is 11.9 Å². The molecule has 1 saturated heterocycles. The van der Waals surface area contributed by atoms with Gasteiger partial charge in [0.25, 0.3) is 5.91 Å². The van der Waals surface area contributed by atoms with Crippen LogP contribution in [0.5, 0.6) is 0 Å². The van der Waals surface area contributed by atoms with E-state index in [4.69, 9.17) is 0 Å². The van der Waals surface area contributed by atoms with Crippen molar-refractivity contribution in [2.45, 2.75) is 32.7 Å². The van der Waals surface area contributed by atoms with Gasteiger partial charge in [-0.25, -0.2) is 9.97 Å². The Morgan fingerprint density at radius 3 is 2.41 bits per heavy atom. The Morgan fingerprint density at radius 2 is 1.74 bits per heavy atom. The summed E-state index contributed by atoms with van der Waals surface area (Å²) in [5, 5.41) is 2.92. The second-order valence-electron chi connectivity index (χ2n) is 6.98. The van der Waals surface area contributed by atoms with E-state index in [0.29, 0.717) is 18.1 Å². The van der Waals surface area contributed by atoms with Gasteiger partial charge in [-0.2, -0.15) is 0 Å². The number of piperazine rings is 1. The van der Waals surface area contributed by atoms with E-state index in [0.717, 1.165) is 52.0 Å². The van der Waals surface area contributed by atoms with Crippen molar-refractivity contribution in [1.82, 2.24) is 20.2 Å². The zero-order valence-electron chi connectivity index (χ0n) is 16.1. The number of rotatable bonds is 8. The van der Waals surface area contributed by atoms with E-state index in [2.05, 4.69) is 56.3 Å². The lowest BCUT2D eigenvalue weighted by molar-refractivity contribution is 0.0952. The van der Waals surface area contributed by atoms with Crippen LogP contribution in [0.25, 0.3) is 0 Å². The molecule has 3 rings (SSSR count). The number of carbonyl (C=O) groups excluding carboxylic acids is 1. The van der Waals surface area contributed by atoms with Crippen molar-refractivity contribution in [3.8, 4) is 0 Å². The van der Waals surface area contributed by atoms with Crippen molar-refractivity contribution in [3.05, 3.63) is 53.9 Å². The first-order valence-corrected chi connectivity index (χ1v) is 9.87. The molecule has 0 saturated carbocycles. The van der Waals surface area contributed by atoms with Gasteiger partial charge < -0.3 is 10.2 Å². The van der Waals surface area contributed by atoms with Crippen LogP contribution >= 0.6 is 0 Å². The van der Waals surface area contributed by atoms with Crippen LogP contribution in [0.1, 0.15) is 42.1 Å². The Bertz CT molecular complexity index is 696. The molecule has 0 spiro atoms. The smallest absolute Gasteiger partial charge is 0.254 e. The third-order valence-electron chi connectivity index (χ3n) is 4.87. The predicted molar refractivity (Wildman–Crippen MR) is 108 cm³/mol. The lowest BCUT2D eigenvalue weighted by atomic mass is 10.2. The van der Waals surface area contributed by atoms with Crippen LogP contribution in [0.3, 0.4) is 0 Å². The van der Waals surface area contributed by atoms with E-state index < -0.39 is 0 Å². The number of anilines is 1. The van der Waals surface area contributed by atoms with E-state index in [9.17, 15) is 4.79 Å². The van der Waals surface area contributed by atoms with E-state index in [-0.39, 0.29) is 5.91 Å². The van der Waals surface area contributed by atoms with Crippen molar-refractivity contribution in [2.75, 3.05) is 37.6 Å². The van der Waals surface area contributed by atoms with Crippen molar-refractivity contribution in [3.63, 3.8) is 0 Å². The van der Waals surface area contributed by atoms with E-state index >= 15 is 0 Å². The van der Waals surface area contributed by atoms with Gasteiger partial charge in [-0.1, -0.05) is 50.1 Å². The fourth-order valence-corrected chi connectivity index (χ4v) is 3.23. The summed E-state index contributed by atoms with van der Waals surface area (Å²) in [4.78, 5) is 25.6. The van der Waals surface area contributed by atoms with Crippen LogP contribution in [0.15, 0.2) is 42.7 Å². The maximum Gasteiger partial charge on any atom is 0.254 e. The topological polar surface area (TPSA) is 61.4 Å². The highest BCUT2D eigenvalue weighted by molar-refractivity contribution is 5.93. The van der Waals surface area contributed by atoms with Crippen LogP contribution in [0.4, 0.5) is 5.95 Å². The Morgan fingerprint density at radius 1 is 1.04 bits per heavy atom. The molecule has 0 aliphatic carbocycles. The fourth-order valence-electron chi connectivity index (χ4n) is 3.23. The number of carbonyl (C=O) groups is 1. The summed E-state index contributed by atoms with van der Waals surface area (Å²) in [6, 6.07) is 10.6. The number of nitrogens with one attached hydrogen (secondary N) is 1. The van der Waals surface area contributed by atoms with E-state index in [1.807, 2.05) is 6.07 Å². The second kappa shape index (κ2) is 10.0. The molecule has 27 heavy (non-hydrogen) atoms. The predicted octanol–water partition coefficient (Wildman–Crippen LogP) is 2.72. The monoisotopic (exact) mass is 367 g/mol. The maximum absolute atomic E-state index is 12.1. The first kappa shape index (κ1) is 19.3. The third kappa shape index (κ3) is 5.76. The molecule has 1 amide bonds. The lowest BCUT2D eigenvalue weighted by Gasteiger charge is -2.34. The van der Waals surface area contributed by atoms with Gasteiger partial charge in [0.2, 0.25) is 5.95 Å². The highest BCUT2D eigenvalue weighted by atomic mass is 16.1. The zero-order chi connectivity index (χ0) is 18.9. The molecule has 1 aliphatic rings. The molecule has 1 N–H and O–H groups in total. The van der Waals surface area contributed by atoms with Gasteiger partial charge in [0.1, 0.15) is 0 Å². The summed E-state index contributed by atoms with van der Waals surface area (Å²) in [6.45, 7) is 7.60. The van der Waals surface area contributed by atoms with Gasteiger partial charge in [-0.05, 0) is 12.0 Å². The molecule has 1 aromatic heterocycles. The van der Waals surface area contributed by atoms with Gasteiger partial charge in [-0.15, -0.1) is 0 Å². The average Bonchev–Trinajstić information content (AvgIpc) is 2.72. The Balaban J connectivity index is 1.46. The lowest BCUT2D eigenvalue weighted by Crippen LogP contribution is -2.46. The molecule has 0 radical (unpaired) electrons. The van der Waals surface area contributed by atoms with Crippen molar-refractivity contribution in [2.24, 2.45) is 0 Å². The van der Waals surface area contributed by atoms with Crippen LogP contribution in [-0.2, 0) is 6.54 Å². The number of aromatic nitrogens is 2. The Kier molecular flexibility index (Phi) is 7.16. The van der Waals surface area contributed by atoms with Gasteiger partial charge in [0.15, 0.2) is 0 Å². The highest BCUT2D eigenvalue weighted by Gasteiger charge is 2.19. The van der Waals surface area contributed by atoms with Gasteiger partial charge >= 0.3 is 0 Å². The quantitative estimate of drug-likeness (QED) is 0.727. The Labute approximate surface area is 161 Å². The average molecular weight is 367 g/mol. The normalized spacial score (nSPS) is 14.9. The second-order valence-corrected chi connectivity index (χ2v) is 6.98. The number of hydrogen-bond acceptors (Lipinski definition) is 5. The number of nitrogens with zero attached hydrogens (tertiary/aromatic N) is 4. The molecule has 0 atom stereocenters. The highest BCUT2D eigenvalue weighted by Crippen LogP contribution is 2.13. The van der Waals surface area contributed by atoms with E-state index in [1.165, 1.54) is 5.56 Å². The first-order valence-electron chi connectivity index (χ1n) is 9.87. The summed E-state index contributed by atoms with van der Waals surface area (Å²) < 4.78 is 0. The van der Waals surface area contributed by atoms with Crippen LogP contribution in [-0.4, -0.2) is 53.5 Å². The number of benzene rings is 1. The van der Waals surface area contributed by atoms with Crippen LogP contribution in [0.2, 0.25) is 0 Å². The molecule has 2 heterocycles. The molecule has 0 unspecified atom stereocenters. The number of hydrogen-bond donors (Lipinski definition) is 1. The van der Waals surface area contributed by atoms with Crippen LogP contribution in [0, 0.1) is 0 Å². The number of unbranched alkanes of at least 4 members (excludes halogenated alkanes) is 2. The number of amides is 1. The molecule has 0 bridgehead atoms. The zero-order valence-corrected chi connectivity index (χ0v) is 16.1. The maximum atomic E-state index is 12.1. The van der Waals surface area contributed by atoms with Crippen LogP contribution < -0.4 is 10.2 Å². The minimum absolute atomic E-state index is 0.0923. The Hall–Kier alpha value is -2.47. The summed E-state index contributed by atoms with van der Waals surface area (Å²) in [7, 11) is 0. The first-order chi connectivity index (χ1) is 13.3. The minimum Gasteiger partial charge on any atom is -0.352 e. The molecule has 1 aromatic carbocycles. The fraction of sp³-hybridized carbons (Fsp3) is 0.476. The summed E-state index contributed by atoms with van der Waals surface area (Å²) in [6.07, 6.45) is 6.55. The third-order valence-corrected chi connectivity index (χ3v) is 4.87. The SMILES string of the molecule is CCCCCNC(=O)c1cnc(N2CCN(Cc3ccccc3)CC2)nc1. The molecule has 6 heteroatoms. The molecule has 144 valence electrons. The van der Waals surface area contributed by atoms with Crippen molar-refractivity contribution < 1.29 is 4.79 Å². The van der Waals surface area contributed by atoms with Gasteiger partial charge in [0, 0.05) is 51.7 Å². The molecule has 1 fully saturated rings.